The quantitative estimate of drug-likeness (QED) is 0.748. The number of likely N-dealkylation sites (N-methyl/N-ethyl adjacent to an activating group) is 1. The minimum atomic E-state index is -1.02. The third kappa shape index (κ3) is 4.22. The van der Waals surface area contributed by atoms with Crippen LogP contribution in [-0.4, -0.2) is 43.3 Å². The number of esters is 1. The van der Waals surface area contributed by atoms with Gasteiger partial charge in [0.1, 0.15) is 0 Å². The Morgan fingerprint density at radius 3 is 2.32 bits per heavy atom. The van der Waals surface area contributed by atoms with E-state index >= 15 is 0 Å². The van der Waals surface area contributed by atoms with Gasteiger partial charge < -0.3 is 14.5 Å². The molecule has 2 aromatic carbocycles. The zero-order valence-corrected chi connectivity index (χ0v) is 16.3. The molecule has 2 aromatic rings. The zero-order chi connectivity index (χ0) is 20.3. The number of hydrogen-bond donors (Lipinski definition) is 0. The van der Waals surface area contributed by atoms with Gasteiger partial charge in [-0.1, -0.05) is 48.0 Å². The summed E-state index contributed by atoms with van der Waals surface area (Å²) in [6, 6.07) is 16.5. The van der Waals surface area contributed by atoms with Crippen LogP contribution in [0.25, 0.3) is 0 Å². The maximum atomic E-state index is 12.8. The van der Waals surface area contributed by atoms with E-state index in [0.29, 0.717) is 5.56 Å². The second-order valence-electron chi connectivity index (χ2n) is 7.20. The maximum Gasteiger partial charge on any atom is 0.312 e. The van der Waals surface area contributed by atoms with Crippen molar-refractivity contribution in [1.82, 2.24) is 4.90 Å². The SMILES string of the molecule is Cc1ccc(N2CC(C(=O)OC(C(=O)N(C)C)c3ccccc3)CC2=O)cc1. The predicted molar refractivity (Wildman–Crippen MR) is 106 cm³/mol. The lowest BCUT2D eigenvalue weighted by Crippen LogP contribution is -2.33. The number of benzene rings is 2. The molecule has 0 radical (unpaired) electrons. The monoisotopic (exact) mass is 380 g/mol. The molecule has 0 saturated carbocycles. The smallest absolute Gasteiger partial charge is 0.312 e. The largest absolute Gasteiger partial charge is 0.447 e. The fourth-order valence-electron chi connectivity index (χ4n) is 3.18. The Morgan fingerprint density at radius 2 is 1.71 bits per heavy atom. The maximum absolute atomic E-state index is 12.8. The molecule has 6 heteroatoms. The van der Waals surface area contributed by atoms with E-state index in [2.05, 4.69) is 0 Å². The van der Waals surface area contributed by atoms with Gasteiger partial charge in [-0.25, -0.2) is 0 Å². The third-order valence-corrected chi connectivity index (χ3v) is 4.81. The average Bonchev–Trinajstić information content (AvgIpc) is 3.08. The van der Waals surface area contributed by atoms with Crippen molar-refractivity contribution < 1.29 is 19.1 Å². The molecule has 2 atom stereocenters. The van der Waals surface area contributed by atoms with Crippen molar-refractivity contribution in [3.8, 4) is 0 Å². The molecule has 6 nitrogen and oxygen atoms in total. The average molecular weight is 380 g/mol. The van der Waals surface area contributed by atoms with Crippen LogP contribution in [0.1, 0.15) is 23.7 Å². The van der Waals surface area contributed by atoms with E-state index in [1.165, 1.54) is 4.90 Å². The molecule has 1 aliphatic heterocycles. The van der Waals surface area contributed by atoms with Gasteiger partial charge in [0, 0.05) is 38.3 Å². The second-order valence-corrected chi connectivity index (χ2v) is 7.20. The van der Waals surface area contributed by atoms with Crippen molar-refractivity contribution in [2.45, 2.75) is 19.4 Å². The molecule has 1 saturated heterocycles. The standard InChI is InChI=1S/C22H24N2O4/c1-15-9-11-18(12-10-15)24-14-17(13-19(24)25)22(27)28-20(21(26)23(2)3)16-7-5-4-6-8-16/h4-12,17,20H,13-14H2,1-3H3. The first-order valence-electron chi connectivity index (χ1n) is 9.20. The lowest BCUT2D eigenvalue weighted by Gasteiger charge is -2.22. The summed E-state index contributed by atoms with van der Waals surface area (Å²) >= 11 is 0. The molecular weight excluding hydrogens is 356 g/mol. The summed E-state index contributed by atoms with van der Waals surface area (Å²) in [7, 11) is 3.23. The van der Waals surface area contributed by atoms with Crippen LogP contribution in [0.2, 0.25) is 0 Å². The number of amides is 2. The van der Waals surface area contributed by atoms with Crippen LogP contribution in [0.15, 0.2) is 54.6 Å². The van der Waals surface area contributed by atoms with E-state index in [1.54, 1.807) is 43.3 Å². The highest BCUT2D eigenvalue weighted by molar-refractivity contribution is 5.99. The first-order valence-corrected chi connectivity index (χ1v) is 9.20. The van der Waals surface area contributed by atoms with Gasteiger partial charge in [0.15, 0.2) is 0 Å². The molecule has 2 unspecified atom stereocenters. The van der Waals surface area contributed by atoms with Crippen LogP contribution in [0.4, 0.5) is 5.69 Å². The van der Waals surface area contributed by atoms with Gasteiger partial charge in [0.2, 0.25) is 12.0 Å². The van der Waals surface area contributed by atoms with Gasteiger partial charge in [0.05, 0.1) is 5.92 Å². The Kier molecular flexibility index (Phi) is 5.78. The van der Waals surface area contributed by atoms with Gasteiger partial charge in [-0.15, -0.1) is 0 Å². The van der Waals surface area contributed by atoms with E-state index in [4.69, 9.17) is 4.74 Å². The van der Waals surface area contributed by atoms with Crippen LogP contribution >= 0.6 is 0 Å². The van der Waals surface area contributed by atoms with Crippen molar-refractivity contribution in [2.24, 2.45) is 5.92 Å². The van der Waals surface area contributed by atoms with Crippen molar-refractivity contribution in [3.63, 3.8) is 0 Å². The van der Waals surface area contributed by atoms with Gasteiger partial charge in [-0.3, -0.25) is 14.4 Å². The summed E-state index contributed by atoms with van der Waals surface area (Å²) in [4.78, 5) is 40.7. The molecule has 3 rings (SSSR count). The molecule has 0 aromatic heterocycles. The molecule has 0 spiro atoms. The number of carbonyl (C=O) groups excluding carboxylic acids is 3. The molecule has 0 bridgehead atoms. The summed E-state index contributed by atoms with van der Waals surface area (Å²) in [5.74, 6) is -1.58. The Labute approximate surface area is 164 Å². The molecule has 1 fully saturated rings. The molecule has 146 valence electrons. The van der Waals surface area contributed by atoms with Gasteiger partial charge in [-0.05, 0) is 19.1 Å². The summed E-state index contributed by atoms with van der Waals surface area (Å²) in [5.41, 5.74) is 2.46. The van der Waals surface area contributed by atoms with Crippen molar-refractivity contribution in [1.29, 1.82) is 0 Å². The number of carbonyl (C=O) groups is 3. The minimum Gasteiger partial charge on any atom is -0.447 e. The summed E-state index contributed by atoms with van der Waals surface area (Å²) in [5, 5.41) is 0. The number of hydrogen-bond acceptors (Lipinski definition) is 4. The molecule has 0 aliphatic carbocycles. The molecule has 1 aliphatic rings. The van der Waals surface area contributed by atoms with E-state index < -0.39 is 18.0 Å². The number of anilines is 1. The first-order chi connectivity index (χ1) is 13.4. The highest BCUT2D eigenvalue weighted by Crippen LogP contribution is 2.28. The normalized spacial score (nSPS) is 17.3. The second kappa shape index (κ2) is 8.25. The van der Waals surface area contributed by atoms with Crippen LogP contribution < -0.4 is 4.90 Å². The number of rotatable bonds is 5. The Morgan fingerprint density at radius 1 is 1.07 bits per heavy atom. The van der Waals surface area contributed by atoms with Crippen molar-refractivity contribution in [3.05, 3.63) is 65.7 Å². The Hall–Kier alpha value is -3.15. The highest BCUT2D eigenvalue weighted by Gasteiger charge is 2.38. The van der Waals surface area contributed by atoms with E-state index in [0.717, 1.165) is 11.3 Å². The zero-order valence-electron chi connectivity index (χ0n) is 16.3. The van der Waals surface area contributed by atoms with Gasteiger partial charge in [-0.2, -0.15) is 0 Å². The Bertz CT molecular complexity index is 862. The van der Waals surface area contributed by atoms with Crippen LogP contribution in [0, 0.1) is 12.8 Å². The number of ether oxygens (including phenoxy) is 1. The van der Waals surface area contributed by atoms with E-state index in [1.807, 2.05) is 37.3 Å². The highest BCUT2D eigenvalue weighted by atomic mass is 16.5. The fourth-order valence-corrected chi connectivity index (χ4v) is 3.18. The lowest BCUT2D eigenvalue weighted by molar-refractivity contribution is -0.163. The number of nitrogens with zero attached hydrogens (tertiary/aromatic N) is 2. The summed E-state index contributed by atoms with van der Waals surface area (Å²) < 4.78 is 5.59. The Balaban J connectivity index is 1.74. The first kappa shape index (κ1) is 19.6. The van der Waals surface area contributed by atoms with Crippen molar-refractivity contribution >= 4 is 23.5 Å². The lowest BCUT2D eigenvalue weighted by atomic mass is 10.1. The number of aryl methyl sites for hydroxylation is 1. The summed E-state index contributed by atoms with van der Waals surface area (Å²) in [6.45, 7) is 2.22. The van der Waals surface area contributed by atoms with Crippen LogP contribution in [-0.2, 0) is 19.1 Å². The van der Waals surface area contributed by atoms with Crippen molar-refractivity contribution in [2.75, 3.05) is 25.5 Å². The van der Waals surface area contributed by atoms with Crippen LogP contribution in [0.5, 0.6) is 0 Å². The topological polar surface area (TPSA) is 66.9 Å². The fraction of sp³-hybridized carbons (Fsp3) is 0.318. The van der Waals surface area contributed by atoms with Gasteiger partial charge in [0.25, 0.3) is 5.91 Å². The predicted octanol–water partition coefficient (Wildman–Crippen LogP) is 2.72. The molecule has 2 amide bonds. The molecular formula is C22H24N2O4. The van der Waals surface area contributed by atoms with Gasteiger partial charge >= 0.3 is 5.97 Å². The molecule has 28 heavy (non-hydrogen) atoms. The van der Waals surface area contributed by atoms with Crippen LogP contribution in [0.3, 0.4) is 0 Å². The third-order valence-electron chi connectivity index (χ3n) is 4.81. The molecule has 1 heterocycles. The minimum absolute atomic E-state index is 0.0738. The molecule has 0 N–H and O–H groups in total. The summed E-state index contributed by atoms with van der Waals surface area (Å²) in [6.07, 6.45) is -0.947. The van der Waals surface area contributed by atoms with E-state index in [9.17, 15) is 14.4 Å². The van der Waals surface area contributed by atoms with E-state index in [-0.39, 0.29) is 24.8 Å².